The van der Waals surface area contributed by atoms with Crippen molar-refractivity contribution in [2.75, 3.05) is 0 Å². The molecule has 0 saturated carbocycles. The minimum atomic E-state index is -0.334. The maximum atomic E-state index is 12.8. The SMILES string of the molecule is CC[C@H](C)Oc1ccc(/C=N/NC(=O)Cc2ccc(F)cc2)cc1Cl. The molecule has 0 aromatic heterocycles. The standard InChI is InChI=1S/C19H20ClFN2O2/c1-3-13(2)25-18-9-6-15(10-17(18)20)12-22-23-19(24)11-14-4-7-16(21)8-5-14/h4-10,12-13H,3,11H2,1-2H3,(H,23,24)/b22-12+/t13-/m0/s1. The Morgan fingerprint density at radius 3 is 2.68 bits per heavy atom. The predicted octanol–water partition coefficient (Wildman–Crippen LogP) is 4.35. The van der Waals surface area contributed by atoms with Crippen molar-refractivity contribution in [1.82, 2.24) is 5.43 Å². The number of ether oxygens (including phenoxy) is 1. The van der Waals surface area contributed by atoms with E-state index < -0.39 is 0 Å². The summed E-state index contributed by atoms with van der Waals surface area (Å²) in [6.45, 7) is 4.01. The molecule has 1 atom stereocenters. The molecule has 0 aliphatic heterocycles. The topological polar surface area (TPSA) is 50.7 Å². The van der Waals surface area contributed by atoms with E-state index in [0.29, 0.717) is 16.3 Å². The first kappa shape index (κ1) is 18.9. The number of carbonyl (C=O) groups excluding carboxylic acids is 1. The zero-order valence-electron chi connectivity index (χ0n) is 14.1. The van der Waals surface area contributed by atoms with Gasteiger partial charge in [-0.1, -0.05) is 30.7 Å². The lowest BCUT2D eigenvalue weighted by Crippen LogP contribution is -2.19. The van der Waals surface area contributed by atoms with Crippen LogP contribution in [0, 0.1) is 5.82 Å². The van der Waals surface area contributed by atoms with Gasteiger partial charge in [-0.15, -0.1) is 0 Å². The number of halogens is 2. The van der Waals surface area contributed by atoms with Crippen LogP contribution in [0.1, 0.15) is 31.4 Å². The molecule has 2 aromatic rings. The highest BCUT2D eigenvalue weighted by atomic mass is 35.5. The monoisotopic (exact) mass is 362 g/mol. The van der Waals surface area contributed by atoms with Gasteiger partial charge in [0.2, 0.25) is 5.91 Å². The quantitative estimate of drug-likeness (QED) is 0.588. The molecule has 0 unspecified atom stereocenters. The van der Waals surface area contributed by atoms with E-state index in [9.17, 15) is 9.18 Å². The summed E-state index contributed by atoms with van der Waals surface area (Å²) in [5, 5.41) is 4.39. The fourth-order valence-corrected chi connectivity index (χ4v) is 2.23. The maximum absolute atomic E-state index is 12.8. The van der Waals surface area contributed by atoms with Gasteiger partial charge in [-0.05, 0) is 54.8 Å². The third-order valence-electron chi connectivity index (χ3n) is 3.54. The summed E-state index contributed by atoms with van der Waals surface area (Å²) >= 11 is 6.19. The highest BCUT2D eigenvalue weighted by Crippen LogP contribution is 2.26. The Morgan fingerprint density at radius 1 is 1.32 bits per heavy atom. The number of hydrazone groups is 1. The molecule has 132 valence electrons. The molecule has 0 radical (unpaired) electrons. The molecule has 2 aromatic carbocycles. The molecule has 0 fully saturated rings. The highest BCUT2D eigenvalue weighted by Gasteiger charge is 2.06. The molecule has 25 heavy (non-hydrogen) atoms. The number of benzene rings is 2. The second-order valence-electron chi connectivity index (χ2n) is 5.62. The molecular formula is C19H20ClFN2O2. The summed E-state index contributed by atoms with van der Waals surface area (Å²) in [5.74, 6) is -0.000920. The van der Waals surface area contributed by atoms with Crippen molar-refractivity contribution < 1.29 is 13.9 Å². The summed E-state index contributed by atoms with van der Waals surface area (Å²) in [7, 11) is 0. The lowest BCUT2D eigenvalue weighted by atomic mass is 10.1. The molecule has 0 aliphatic rings. The zero-order valence-corrected chi connectivity index (χ0v) is 14.9. The number of amides is 1. The molecule has 1 N–H and O–H groups in total. The molecule has 0 spiro atoms. The summed E-state index contributed by atoms with van der Waals surface area (Å²) in [5.41, 5.74) is 3.88. The number of nitrogens with one attached hydrogen (secondary N) is 1. The van der Waals surface area contributed by atoms with Crippen LogP contribution in [-0.4, -0.2) is 18.2 Å². The van der Waals surface area contributed by atoms with E-state index in [1.54, 1.807) is 30.3 Å². The van der Waals surface area contributed by atoms with Crippen molar-refractivity contribution in [1.29, 1.82) is 0 Å². The molecule has 2 rings (SSSR count). The molecular weight excluding hydrogens is 343 g/mol. The Bertz CT molecular complexity index is 748. The lowest BCUT2D eigenvalue weighted by molar-refractivity contribution is -0.120. The van der Waals surface area contributed by atoms with Gasteiger partial charge in [0.15, 0.2) is 0 Å². The fourth-order valence-electron chi connectivity index (χ4n) is 2.00. The van der Waals surface area contributed by atoms with E-state index in [4.69, 9.17) is 16.3 Å². The van der Waals surface area contributed by atoms with Gasteiger partial charge in [-0.3, -0.25) is 4.79 Å². The Kier molecular flexibility index (Phi) is 6.95. The van der Waals surface area contributed by atoms with Crippen LogP contribution in [0.3, 0.4) is 0 Å². The minimum absolute atomic E-state index is 0.0859. The molecule has 0 bridgehead atoms. The van der Waals surface area contributed by atoms with Crippen LogP contribution in [0.25, 0.3) is 0 Å². The van der Waals surface area contributed by atoms with Crippen LogP contribution in [0.15, 0.2) is 47.6 Å². The largest absolute Gasteiger partial charge is 0.489 e. The van der Waals surface area contributed by atoms with Gasteiger partial charge in [-0.2, -0.15) is 5.10 Å². The van der Waals surface area contributed by atoms with E-state index in [-0.39, 0.29) is 24.2 Å². The second kappa shape index (κ2) is 9.18. The second-order valence-corrected chi connectivity index (χ2v) is 6.03. The Morgan fingerprint density at radius 2 is 2.04 bits per heavy atom. The third-order valence-corrected chi connectivity index (χ3v) is 3.84. The summed E-state index contributed by atoms with van der Waals surface area (Å²) in [6.07, 6.45) is 2.60. The lowest BCUT2D eigenvalue weighted by Gasteiger charge is -2.13. The van der Waals surface area contributed by atoms with Crippen LogP contribution in [-0.2, 0) is 11.2 Å². The van der Waals surface area contributed by atoms with Crippen LogP contribution in [0.5, 0.6) is 5.75 Å². The molecule has 1 amide bonds. The van der Waals surface area contributed by atoms with Gasteiger partial charge in [0.05, 0.1) is 23.8 Å². The van der Waals surface area contributed by atoms with Crippen LogP contribution in [0.2, 0.25) is 5.02 Å². The van der Waals surface area contributed by atoms with Crippen molar-refractivity contribution in [3.63, 3.8) is 0 Å². The first-order valence-corrected chi connectivity index (χ1v) is 8.38. The number of rotatable bonds is 7. The normalized spacial score (nSPS) is 12.2. The molecule has 0 heterocycles. The van der Waals surface area contributed by atoms with Crippen LogP contribution in [0.4, 0.5) is 4.39 Å². The zero-order chi connectivity index (χ0) is 18.2. The van der Waals surface area contributed by atoms with Crippen molar-refractivity contribution in [3.05, 3.63) is 64.4 Å². The van der Waals surface area contributed by atoms with Crippen molar-refractivity contribution in [3.8, 4) is 5.75 Å². The first-order valence-electron chi connectivity index (χ1n) is 8.00. The average Bonchev–Trinajstić information content (AvgIpc) is 2.59. The van der Waals surface area contributed by atoms with Gasteiger partial charge in [0, 0.05) is 0 Å². The Labute approximate surface area is 151 Å². The van der Waals surface area contributed by atoms with Gasteiger partial charge < -0.3 is 4.74 Å². The Balaban J connectivity index is 1.89. The summed E-state index contributed by atoms with van der Waals surface area (Å²) < 4.78 is 18.5. The van der Waals surface area contributed by atoms with Gasteiger partial charge >= 0.3 is 0 Å². The highest BCUT2D eigenvalue weighted by molar-refractivity contribution is 6.32. The molecule has 0 saturated heterocycles. The van der Waals surface area contributed by atoms with Crippen molar-refractivity contribution in [2.45, 2.75) is 32.8 Å². The molecule has 6 heteroatoms. The summed E-state index contributed by atoms with van der Waals surface area (Å²) in [6, 6.07) is 11.1. The number of nitrogens with zero attached hydrogens (tertiary/aromatic N) is 1. The van der Waals surface area contributed by atoms with Crippen LogP contribution >= 0.6 is 11.6 Å². The maximum Gasteiger partial charge on any atom is 0.244 e. The molecule has 0 aliphatic carbocycles. The van der Waals surface area contributed by atoms with E-state index >= 15 is 0 Å². The van der Waals surface area contributed by atoms with E-state index in [1.807, 2.05) is 13.8 Å². The van der Waals surface area contributed by atoms with E-state index in [0.717, 1.165) is 12.0 Å². The van der Waals surface area contributed by atoms with E-state index in [1.165, 1.54) is 18.3 Å². The molecule has 4 nitrogen and oxygen atoms in total. The number of carbonyl (C=O) groups is 1. The fraction of sp³-hybridized carbons (Fsp3) is 0.263. The van der Waals surface area contributed by atoms with Crippen LogP contribution < -0.4 is 10.2 Å². The summed E-state index contributed by atoms with van der Waals surface area (Å²) in [4.78, 5) is 11.8. The average molecular weight is 363 g/mol. The van der Waals surface area contributed by atoms with Crippen molar-refractivity contribution in [2.24, 2.45) is 5.10 Å². The Hall–Kier alpha value is -2.40. The van der Waals surface area contributed by atoms with Gasteiger partial charge in [0.25, 0.3) is 0 Å². The van der Waals surface area contributed by atoms with Gasteiger partial charge in [-0.25, -0.2) is 9.82 Å². The van der Waals surface area contributed by atoms with Crippen molar-refractivity contribution >= 4 is 23.7 Å². The third kappa shape index (κ3) is 6.19. The smallest absolute Gasteiger partial charge is 0.244 e. The first-order chi connectivity index (χ1) is 12.0. The van der Waals surface area contributed by atoms with Gasteiger partial charge in [0.1, 0.15) is 11.6 Å². The van der Waals surface area contributed by atoms with E-state index in [2.05, 4.69) is 10.5 Å². The number of hydrogen-bond donors (Lipinski definition) is 1. The predicted molar refractivity (Wildman–Crippen MR) is 97.7 cm³/mol. The minimum Gasteiger partial charge on any atom is -0.489 e. The number of hydrogen-bond acceptors (Lipinski definition) is 3.